The number of hydrogen-bond donors (Lipinski definition) is 0. The van der Waals surface area contributed by atoms with Crippen molar-refractivity contribution in [3.63, 3.8) is 0 Å². The first kappa shape index (κ1) is 14.7. The Bertz CT molecular complexity index is 694. The van der Waals surface area contributed by atoms with Crippen LogP contribution in [0.5, 0.6) is 0 Å². The number of halogens is 3. The van der Waals surface area contributed by atoms with E-state index >= 15 is 0 Å². The minimum Gasteiger partial charge on any atom is -0.292 e. The van der Waals surface area contributed by atoms with Gasteiger partial charge < -0.3 is 0 Å². The minimum atomic E-state index is -1.01. The normalized spacial score (nSPS) is 11.7. The number of nitrogens with zero attached hydrogens (tertiary/aromatic N) is 1. The van der Waals surface area contributed by atoms with Gasteiger partial charge in [-0.25, -0.2) is 4.39 Å². The van der Waals surface area contributed by atoms with Crippen molar-refractivity contribution in [3.05, 3.63) is 68.9 Å². The summed E-state index contributed by atoms with van der Waals surface area (Å²) in [6.07, 6.45) is 0. The van der Waals surface area contributed by atoms with Crippen molar-refractivity contribution in [2.24, 2.45) is 0 Å². The Morgan fingerprint density at radius 1 is 1.25 bits per heavy atom. The van der Waals surface area contributed by atoms with Crippen LogP contribution >= 0.6 is 27.5 Å². The summed E-state index contributed by atoms with van der Waals surface area (Å²) in [6.45, 7) is 0. The first-order valence-electron chi connectivity index (χ1n) is 5.68. The van der Waals surface area contributed by atoms with E-state index in [2.05, 4.69) is 15.9 Å². The first-order chi connectivity index (χ1) is 9.54. The van der Waals surface area contributed by atoms with E-state index in [1.807, 2.05) is 6.07 Å². The van der Waals surface area contributed by atoms with Gasteiger partial charge in [0.1, 0.15) is 11.7 Å². The maximum Gasteiger partial charge on any atom is 0.186 e. The summed E-state index contributed by atoms with van der Waals surface area (Å²) in [5.74, 6) is -2.20. The van der Waals surface area contributed by atoms with E-state index in [1.165, 1.54) is 18.2 Å². The molecule has 0 aliphatic carbocycles. The third-order valence-electron chi connectivity index (χ3n) is 2.81. The topological polar surface area (TPSA) is 40.9 Å². The molecule has 0 aromatic heterocycles. The lowest BCUT2D eigenvalue weighted by molar-refractivity contribution is 0.0978. The summed E-state index contributed by atoms with van der Waals surface area (Å²) in [5.41, 5.74) is 0.558. The van der Waals surface area contributed by atoms with Crippen molar-refractivity contribution in [1.82, 2.24) is 0 Å². The molecule has 2 nitrogen and oxygen atoms in total. The monoisotopic (exact) mass is 351 g/mol. The summed E-state index contributed by atoms with van der Waals surface area (Å²) in [7, 11) is 0. The van der Waals surface area contributed by atoms with E-state index < -0.39 is 17.5 Å². The molecule has 0 spiro atoms. The molecule has 0 N–H and O–H groups in total. The van der Waals surface area contributed by atoms with Gasteiger partial charge in [-0.3, -0.25) is 4.79 Å². The number of Topliss-reactive ketones (excluding diaryl/α,β-unsaturated/α-hetero) is 1. The lowest BCUT2D eigenvalue weighted by Crippen LogP contribution is -2.12. The maximum atomic E-state index is 13.4. The van der Waals surface area contributed by atoms with Gasteiger partial charge in [-0.2, -0.15) is 5.26 Å². The van der Waals surface area contributed by atoms with E-state index in [9.17, 15) is 14.4 Å². The van der Waals surface area contributed by atoms with Crippen LogP contribution < -0.4 is 0 Å². The van der Waals surface area contributed by atoms with Gasteiger partial charge in [-0.1, -0.05) is 45.7 Å². The molecule has 0 amide bonds. The molecule has 0 bridgehead atoms. The molecule has 1 unspecified atom stereocenters. The quantitative estimate of drug-likeness (QED) is 0.749. The molecule has 0 saturated carbocycles. The van der Waals surface area contributed by atoms with E-state index in [0.29, 0.717) is 5.56 Å². The van der Waals surface area contributed by atoms with Crippen LogP contribution in [-0.4, -0.2) is 5.78 Å². The van der Waals surface area contributed by atoms with Crippen molar-refractivity contribution in [2.45, 2.75) is 5.92 Å². The Labute approximate surface area is 128 Å². The molecule has 0 aliphatic rings. The molecular formula is C15H8BrClFNO. The molecule has 0 heterocycles. The number of ketones is 1. The maximum absolute atomic E-state index is 13.4. The molecule has 100 valence electrons. The van der Waals surface area contributed by atoms with Gasteiger partial charge in [-0.05, 0) is 29.8 Å². The predicted molar refractivity (Wildman–Crippen MR) is 78.2 cm³/mol. The SMILES string of the molecule is N#CC(C(=O)c1cccc(F)c1Cl)c1ccc(Br)cc1. The van der Waals surface area contributed by atoms with Crippen molar-refractivity contribution >= 4 is 33.3 Å². The van der Waals surface area contributed by atoms with Crippen LogP contribution in [0.3, 0.4) is 0 Å². The average Bonchev–Trinajstić information content (AvgIpc) is 2.44. The van der Waals surface area contributed by atoms with Crippen LogP contribution in [0, 0.1) is 17.1 Å². The zero-order valence-electron chi connectivity index (χ0n) is 10.1. The van der Waals surface area contributed by atoms with Gasteiger partial charge >= 0.3 is 0 Å². The molecule has 2 rings (SSSR count). The lowest BCUT2D eigenvalue weighted by atomic mass is 9.92. The van der Waals surface area contributed by atoms with Crippen molar-refractivity contribution < 1.29 is 9.18 Å². The number of carbonyl (C=O) groups excluding carboxylic acids is 1. The summed E-state index contributed by atoms with van der Waals surface area (Å²) >= 11 is 9.07. The lowest BCUT2D eigenvalue weighted by Gasteiger charge is -2.10. The first-order valence-corrected chi connectivity index (χ1v) is 6.85. The standard InChI is InChI=1S/C15H8BrClFNO/c16-10-6-4-9(5-7-10)12(8-19)15(20)11-2-1-3-13(18)14(11)17/h1-7,12H. The number of carbonyl (C=O) groups is 1. The van der Waals surface area contributed by atoms with Gasteiger partial charge in [-0.15, -0.1) is 0 Å². The molecule has 0 fully saturated rings. The minimum absolute atomic E-state index is 0.0149. The Kier molecular flexibility index (Phi) is 4.53. The van der Waals surface area contributed by atoms with Crippen molar-refractivity contribution in [1.29, 1.82) is 5.26 Å². The molecule has 1 atom stereocenters. The summed E-state index contributed by atoms with van der Waals surface area (Å²) < 4.78 is 14.2. The van der Waals surface area contributed by atoms with Crippen LogP contribution in [0.4, 0.5) is 4.39 Å². The van der Waals surface area contributed by atoms with Crippen LogP contribution in [0.1, 0.15) is 21.8 Å². The molecule has 0 saturated heterocycles. The highest BCUT2D eigenvalue weighted by molar-refractivity contribution is 9.10. The largest absolute Gasteiger partial charge is 0.292 e. The van der Waals surface area contributed by atoms with Gasteiger partial charge in [0.2, 0.25) is 0 Å². The smallest absolute Gasteiger partial charge is 0.186 e. The highest BCUT2D eigenvalue weighted by Crippen LogP contribution is 2.27. The third kappa shape index (κ3) is 2.90. The fourth-order valence-electron chi connectivity index (χ4n) is 1.79. The van der Waals surface area contributed by atoms with E-state index in [-0.39, 0.29) is 10.6 Å². The Hall–Kier alpha value is -1.70. The van der Waals surface area contributed by atoms with Gasteiger partial charge in [0, 0.05) is 10.0 Å². The Morgan fingerprint density at radius 3 is 2.50 bits per heavy atom. The zero-order chi connectivity index (χ0) is 14.7. The average molecular weight is 353 g/mol. The predicted octanol–water partition coefficient (Wildman–Crippen LogP) is 4.73. The van der Waals surface area contributed by atoms with Crippen molar-refractivity contribution in [3.8, 4) is 6.07 Å². The Balaban J connectivity index is 2.42. The number of hydrogen-bond acceptors (Lipinski definition) is 2. The molecule has 5 heteroatoms. The molecular weight excluding hydrogens is 345 g/mol. The van der Waals surface area contributed by atoms with Crippen LogP contribution in [-0.2, 0) is 0 Å². The van der Waals surface area contributed by atoms with Crippen molar-refractivity contribution in [2.75, 3.05) is 0 Å². The molecule has 0 aliphatic heterocycles. The van der Waals surface area contributed by atoms with Gasteiger partial charge in [0.05, 0.1) is 11.1 Å². The number of rotatable bonds is 3. The molecule has 2 aromatic rings. The summed E-state index contributed by atoms with van der Waals surface area (Å²) in [6, 6.07) is 12.7. The second-order valence-corrected chi connectivity index (χ2v) is 5.37. The zero-order valence-corrected chi connectivity index (χ0v) is 12.5. The summed E-state index contributed by atoms with van der Waals surface area (Å²) in [5, 5.41) is 8.97. The Morgan fingerprint density at radius 2 is 1.90 bits per heavy atom. The highest BCUT2D eigenvalue weighted by Gasteiger charge is 2.24. The second-order valence-electron chi connectivity index (χ2n) is 4.08. The summed E-state index contributed by atoms with van der Waals surface area (Å²) in [4.78, 5) is 12.3. The van der Waals surface area contributed by atoms with Gasteiger partial charge in [0.15, 0.2) is 5.78 Å². The third-order valence-corrected chi connectivity index (χ3v) is 3.72. The van der Waals surface area contributed by atoms with E-state index in [4.69, 9.17) is 11.6 Å². The van der Waals surface area contributed by atoms with Crippen LogP contribution in [0.15, 0.2) is 46.9 Å². The molecule has 2 aromatic carbocycles. The fraction of sp³-hybridized carbons (Fsp3) is 0.0667. The molecule has 20 heavy (non-hydrogen) atoms. The van der Waals surface area contributed by atoms with E-state index in [1.54, 1.807) is 24.3 Å². The van der Waals surface area contributed by atoms with Crippen LogP contribution in [0.25, 0.3) is 0 Å². The fourth-order valence-corrected chi connectivity index (χ4v) is 2.27. The molecule has 0 radical (unpaired) electrons. The number of benzene rings is 2. The van der Waals surface area contributed by atoms with E-state index in [0.717, 1.165) is 4.47 Å². The highest BCUT2D eigenvalue weighted by atomic mass is 79.9. The second kappa shape index (κ2) is 6.17. The van der Waals surface area contributed by atoms with Gasteiger partial charge in [0.25, 0.3) is 0 Å². The number of nitriles is 1. The van der Waals surface area contributed by atoms with Crippen LogP contribution in [0.2, 0.25) is 5.02 Å².